The maximum atomic E-state index is 12.8. The highest BCUT2D eigenvalue weighted by molar-refractivity contribution is 5.44. The second-order valence-electron chi connectivity index (χ2n) is 5.39. The van der Waals surface area contributed by atoms with Gasteiger partial charge in [-0.1, -0.05) is 17.9 Å². The van der Waals surface area contributed by atoms with Crippen LogP contribution in [0, 0.1) is 17.7 Å². The summed E-state index contributed by atoms with van der Waals surface area (Å²) in [6.45, 7) is 2.71. The Morgan fingerprint density at radius 2 is 1.92 bits per heavy atom. The molecule has 1 unspecified atom stereocenters. The SMILES string of the molecule is COc1cc(C(C)NCC#Cc2ccc(F)cc2)ccc1OCCO. The van der Waals surface area contributed by atoms with Gasteiger partial charge in [0.05, 0.1) is 20.3 Å². The van der Waals surface area contributed by atoms with Crippen LogP contribution in [0.3, 0.4) is 0 Å². The Kier molecular flexibility index (Phi) is 7.27. The molecule has 132 valence electrons. The van der Waals surface area contributed by atoms with Crippen molar-refractivity contribution in [3.63, 3.8) is 0 Å². The minimum absolute atomic E-state index is 0.0460. The van der Waals surface area contributed by atoms with Crippen molar-refractivity contribution < 1.29 is 19.0 Å². The number of benzene rings is 2. The topological polar surface area (TPSA) is 50.7 Å². The van der Waals surface area contributed by atoms with Gasteiger partial charge in [-0.15, -0.1) is 0 Å². The molecular formula is C20H22FNO3. The van der Waals surface area contributed by atoms with Crippen molar-refractivity contribution in [2.45, 2.75) is 13.0 Å². The van der Waals surface area contributed by atoms with E-state index < -0.39 is 0 Å². The lowest BCUT2D eigenvalue weighted by Gasteiger charge is -2.16. The first-order valence-electron chi connectivity index (χ1n) is 8.03. The first kappa shape index (κ1) is 18.8. The molecule has 5 heteroatoms. The Morgan fingerprint density at radius 1 is 1.16 bits per heavy atom. The van der Waals surface area contributed by atoms with Crippen molar-refractivity contribution >= 4 is 0 Å². The number of nitrogens with one attached hydrogen (secondary N) is 1. The normalized spacial score (nSPS) is 11.4. The van der Waals surface area contributed by atoms with E-state index in [4.69, 9.17) is 14.6 Å². The summed E-state index contributed by atoms with van der Waals surface area (Å²) in [5.41, 5.74) is 1.82. The number of rotatable bonds is 7. The molecule has 0 fully saturated rings. The largest absolute Gasteiger partial charge is 0.493 e. The Hall–Kier alpha value is -2.55. The lowest BCUT2D eigenvalue weighted by atomic mass is 10.1. The van der Waals surface area contributed by atoms with Crippen LogP contribution in [-0.2, 0) is 0 Å². The Morgan fingerprint density at radius 3 is 2.60 bits per heavy atom. The Bertz CT molecular complexity index is 735. The molecular weight excluding hydrogens is 321 g/mol. The summed E-state index contributed by atoms with van der Waals surface area (Å²) in [5, 5.41) is 12.2. The van der Waals surface area contributed by atoms with E-state index in [1.165, 1.54) is 12.1 Å². The van der Waals surface area contributed by atoms with E-state index in [1.807, 2.05) is 25.1 Å². The van der Waals surface area contributed by atoms with Gasteiger partial charge in [-0.3, -0.25) is 5.32 Å². The van der Waals surface area contributed by atoms with Gasteiger partial charge < -0.3 is 14.6 Å². The first-order valence-corrected chi connectivity index (χ1v) is 8.03. The molecule has 0 aliphatic heterocycles. The third kappa shape index (κ3) is 5.79. The summed E-state index contributed by atoms with van der Waals surface area (Å²) < 4.78 is 23.6. The standard InChI is InChI=1S/C20H22FNO3/c1-15(22-11-3-4-16-5-8-18(21)9-6-16)17-7-10-19(25-13-12-23)20(14-17)24-2/h5-10,14-15,22-23H,11-13H2,1-2H3. The minimum atomic E-state index is -0.266. The van der Waals surface area contributed by atoms with Crippen molar-refractivity contribution in [3.8, 4) is 23.3 Å². The molecule has 0 aliphatic rings. The van der Waals surface area contributed by atoms with Crippen molar-refractivity contribution in [1.29, 1.82) is 0 Å². The van der Waals surface area contributed by atoms with Gasteiger partial charge in [-0.25, -0.2) is 4.39 Å². The fraction of sp³-hybridized carbons (Fsp3) is 0.300. The maximum absolute atomic E-state index is 12.8. The molecule has 0 saturated carbocycles. The van der Waals surface area contributed by atoms with Gasteiger partial charge in [0.1, 0.15) is 12.4 Å². The molecule has 2 rings (SSSR count). The van der Waals surface area contributed by atoms with Crippen LogP contribution in [0.1, 0.15) is 24.1 Å². The van der Waals surface area contributed by atoms with Crippen molar-refractivity contribution in [1.82, 2.24) is 5.32 Å². The predicted molar refractivity (Wildman–Crippen MR) is 95.3 cm³/mol. The zero-order valence-electron chi connectivity index (χ0n) is 14.4. The van der Waals surface area contributed by atoms with Crippen LogP contribution in [0.5, 0.6) is 11.5 Å². The molecule has 2 aromatic carbocycles. The molecule has 2 aromatic rings. The number of hydrogen-bond donors (Lipinski definition) is 2. The van der Waals surface area contributed by atoms with Crippen LogP contribution in [0.4, 0.5) is 4.39 Å². The van der Waals surface area contributed by atoms with E-state index in [0.29, 0.717) is 18.0 Å². The molecule has 25 heavy (non-hydrogen) atoms. The lowest BCUT2D eigenvalue weighted by molar-refractivity contribution is 0.196. The average molecular weight is 343 g/mol. The molecule has 0 amide bonds. The molecule has 0 radical (unpaired) electrons. The van der Waals surface area contributed by atoms with Crippen molar-refractivity contribution in [2.24, 2.45) is 0 Å². The number of aliphatic hydroxyl groups is 1. The number of methoxy groups -OCH3 is 1. The highest BCUT2D eigenvalue weighted by atomic mass is 19.1. The van der Waals surface area contributed by atoms with Crippen LogP contribution in [0.15, 0.2) is 42.5 Å². The first-order chi connectivity index (χ1) is 12.1. The van der Waals surface area contributed by atoms with Gasteiger partial charge in [-0.2, -0.15) is 0 Å². The number of aliphatic hydroxyl groups excluding tert-OH is 1. The van der Waals surface area contributed by atoms with Crippen LogP contribution < -0.4 is 14.8 Å². The highest BCUT2D eigenvalue weighted by Gasteiger charge is 2.10. The van der Waals surface area contributed by atoms with Crippen molar-refractivity contribution in [2.75, 3.05) is 26.9 Å². The second-order valence-corrected chi connectivity index (χ2v) is 5.39. The van der Waals surface area contributed by atoms with Crippen LogP contribution >= 0.6 is 0 Å². The molecule has 4 nitrogen and oxygen atoms in total. The predicted octanol–water partition coefficient (Wildman–Crippen LogP) is 2.91. The van der Waals surface area contributed by atoms with Gasteiger partial charge in [0.25, 0.3) is 0 Å². The third-order valence-electron chi connectivity index (χ3n) is 3.61. The van der Waals surface area contributed by atoms with Crippen LogP contribution in [0.2, 0.25) is 0 Å². The van der Waals surface area contributed by atoms with Gasteiger partial charge >= 0.3 is 0 Å². The zero-order valence-corrected chi connectivity index (χ0v) is 14.4. The number of halogens is 1. The van der Waals surface area contributed by atoms with E-state index in [1.54, 1.807) is 19.2 Å². The molecule has 2 N–H and O–H groups in total. The van der Waals surface area contributed by atoms with E-state index in [-0.39, 0.29) is 25.1 Å². The summed E-state index contributed by atoms with van der Waals surface area (Å²) in [7, 11) is 1.58. The Balaban J connectivity index is 1.94. The number of ether oxygens (including phenoxy) is 2. The quantitative estimate of drug-likeness (QED) is 0.759. The van der Waals surface area contributed by atoms with Gasteiger partial charge in [-0.05, 0) is 48.9 Å². The zero-order chi connectivity index (χ0) is 18.1. The van der Waals surface area contributed by atoms with Crippen molar-refractivity contribution in [3.05, 3.63) is 59.4 Å². The van der Waals surface area contributed by atoms with E-state index in [0.717, 1.165) is 11.1 Å². The smallest absolute Gasteiger partial charge is 0.161 e. The highest BCUT2D eigenvalue weighted by Crippen LogP contribution is 2.30. The third-order valence-corrected chi connectivity index (χ3v) is 3.61. The summed E-state index contributed by atoms with van der Waals surface area (Å²) in [6.07, 6.45) is 0. The molecule has 0 spiro atoms. The Labute approximate surface area is 147 Å². The lowest BCUT2D eigenvalue weighted by Crippen LogP contribution is -2.18. The average Bonchev–Trinajstić information content (AvgIpc) is 2.64. The van der Waals surface area contributed by atoms with Crippen LogP contribution in [-0.4, -0.2) is 32.0 Å². The molecule has 0 aromatic heterocycles. The molecule has 0 heterocycles. The monoisotopic (exact) mass is 343 g/mol. The summed E-state index contributed by atoms with van der Waals surface area (Å²) in [4.78, 5) is 0. The van der Waals surface area contributed by atoms with Gasteiger partial charge in [0.15, 0.2) is 11.5 Å². The van der Waals surface area contributed by atoms with E-state index in [2.05, 4.69) is 17.2 Å². The molecule has 1 atom stereocenters. The molecule has 0 saturated heterocycles. The fourth-order valence-electron chi connectivity index (χ4n) is 2.23. The summed E-state index contributed by atoms with van der Waals surface area (Å²) in [5.74, 6) is 6.97. The maximum Gasteiger partial charge on any atom is 0.161 e. The van der Waals surface area contributed by atoms with Gasteiger partial charge in [0.2, 0.25) is 0 Å². The summed E-state index contributed by atoms with van der Waals surface area (Å²) in [6, 6.07) is 11.8. The van der Waals surface area contributed by atoms with E-state index in [9.17, 15) is 4.39 Å². The second kappa shape index (κ2) is 9.67. The number of hydrogen-bond acceptors (Lipinski definition) is 4. The minimum Gasteiger partial charge on any atom is -0.493 e. The van der Waals surface area contributed by atoms with Gasteiger partial charge in [0, 0.05) is 11.6 Å². The molecule has 0 bridgehead atoms. The molecule has 0 aliphatic carbocycles. The van der Waals surface area contributed by atoms with E-state index >= 15 is 0 Å². The fourth-order valence-corrected chi connectivity index (χ4v) is 2.23. The van der Waals surface area contributed by atoms with Crippen LogP contribution in [0.25, 0.3) is 0 Å². The summed E-state index contributed by atoms with van der Waals surface area (Å²) >= 11 is 0.